The number of rotatable bonds is 1. The number of halogens is 2. The minimum Gasteiger partial charge on any atom is -0.309 e. The molecule has 0 radical (unpaired) electrons. The lowest BCUT2D eigenvalue weighted by Crippen LogP contribution is -2.25. The molecule has 1 aliphatic heterocycles. The molecular weight excluding hydrogens is 281 g/mol. The minimum absolute atomic E-state index is 0.0916. The largest absolute Gasteiger partial charge is 0.309 e. The summed E-state index contributed by atoms with van der Waals surface area (Å²) in [5.41, 5.74) is 0.793. The average molecular weight is 294 g/mol. The zero-order chi connectivity index (χ0) is 12.5. The van der Waals surface area contributed by atoms with Crippen molar-refractivity contribution in [1.82, 2.24) is 5.32 Å². The van der Waals surface area contributed by atoms with Crippen molar-refractivity contribution in [3.63, 3.8) is 0 Å². The Bertz CT molecular complexity index is 516. The summed E-state index contributed by atoms with van der Waals surface area (Å²) in [6, 6.07) is 4.90. The molecule has 6 heteroatoms. The topological polar surface area (TPSA) is 46.2 Å². The van der Waals surface area contributed by atoms with Gasteiger partial charge in [-0.15, -0.1) is 0 Å². The minimum atomic E-state index is -3.00. The maximum absolute atomic E-state index is 11.7. The van der Waals surface area contributed by atoms with Crippen LogP contribution in [0.5, 0.6) is 0 Å². The molecule has 1 aliphatic rings. The van der Waals surface area contributed by atoms with E-state index in [1.807, 2.05) is 0 Å². The lowest BCUT2D eigenvalue weighted by atomic mass is 10.1. The van der Waals surface area contributed by atoms with Crippen molar-refractivity contribution < 1.29 is 8.42 Å². The van der Waals surface area contributed by atoms with Gasteiger partial charge >= 0.3 is 0 Å². The average Bonchev–Trinajstić information content (AvgIpc) is 2.39. The molecule has 0 bridgehead atoms. The standard InChI is InChI=1S/C11H13Cl2NO2S/c12-8-2-3-9(10(13)6-8)11-7-17(15,16)5-1-4-14-11/h2-3,6,11,14H,1,4-5,7H2. The summed E-state index contributed by atoms with van der Waals surface area (Å²) in [5, 5.41) is 4.26. The highest BCUT2D eigenvalue weighted by molar-refractivity contribution is 7.91. The fourth-order valence-corrected chi connectivity index (χ4v) is 4.04. The summed E-state index contributed by atoms with van der Waals surface area (Å²) in [6.07, 6.45) is 0.643. The molecule has 0 amide bonds. The van der Waals surface area contributed by atoms with Crippen molar-refractivity contribution in [2.24, 2.45) is 0 Å². The van der Waals surface area contributed by atoms with Gasteiger partial charge in [-0.2, -0.15) is 0 Å². The molecule has 3 nitrogen and oxygen atoms in total. The van der Waals surface area contributed by atoms with E-state index in [1.165, 1.54) is 0 Å². The van der Waals surface area contributed by atoms with Crippen molar-refractivity contribution in [3.05, 3.63) is 33.8 Å². The van der Waals surface area contributed by atoms with Gasteiger partial charge in [-0.3, -0.25) is 0 Å². The van der Waals surface area contributed by atoms with Crippen molar-refractivity contribution in [2.75, 3.05) is 18.1 Å². The molecule has 1 unspecified atom stereocenters. The molecule has 1 fully saturated rings. The predicted octanol–water partition coefficient (Wildman–Crippen LogP) is 2.44. The highest BCUT2D eigenvalue weighted by atomic mass is 35.5. The number of hydrogen-bond acceptors (Lipinski definition) is 3. The zero-order valence-electron chi connectivity index (χ0n) is 9.12. The third-order valence-electron chi connectivity index (χ3n) is 2.78. The molecule has 17 heavy (non-hydrogen) atoms. The SMILES string of the molecule is O=S1(=O)CCCNC(c2ccc(Cl)cc2Cl)C1. The predicted molar refractivity (Wildman–Crippen MR) is 70.5 cm³/mol. The lowest BCUT2D eigenvalue weighted by molar-refractivity contribution is 0.572. The first kappa shape index (κ1) is 13.1. The first-order chi connectivity index (χ1) is 7.98. The molecule has 1 heterocycles. The number of nitrogens with one attached hydrogen (secondary N) is 1. The first-order valence-corrected chi connectivity index (χ1v) is 7.94. The molecule has 0 saturated carbocycles. The zero-order valence-corrected chi connectivity index (χ0v) is 11.4. The molecular formula is C11H13Cl2NO2S. The first-order valence-electron chi connectivity index (χ1n) is 5.37. The summed E-state index contributed by atoms with van der Waals surface area (Å²) in [6.45, 7) is 0.683. The van der Waals surface area contributed by atoms with Crippen molar-refractivity contribution in [1.29, 1.82) is 0 Å². The Kier molecular flexibility index (Phi) is 3.98. The lowest BCUT2D eigenvalue weighted by Gasteiger charge is -2.17. The van der Waals surface area contributed by atoms with E-state index in [-0.39, 0.29) is 17.5 Å². The summed E-state index contributed by atoms with van der Waals surface area (Å²) in [7, 11) is -3.00. The smallest absolute Gasteiger partial charge is 0.152 e. The van der Waals surface area contributed by atoms with Gasteiger partial charge in [-0.05, 0) is 30.7 Å². The number of hydrogen-bond donors (Lipinski definition) is 1. The number of benzene rings is 1. The van der Waals surface area contributed by atoms with E-state index in [1.54, 1.807) is 18.2 Å². The van der Waals surface area contributed by atoms with Gasteiger partial charge < -0.3 is 5.32 Å². The summed E-state index contributed by atoms with van der Waals surface area (Å²) in [5.74, 6) is 0.329. The molecule has 1 saturated heterocycles. The van der Waals surface area contributed by atoms with Gasteiger partial charge in [0.05, 0.1) is 11.5 Å². The van der Waals surface area contributed by atoms with Crippen LogP contribution in [-0.4, -0.2) is 26.5 Å². The van der Waals surface area contributed by atoms with Crippen LogP contribution in [0.3, 0.4) is 0 Å². The van der Waals surface area contributed by atoms with Crippen LogP contribution >= 0.6 is 23.2 Å². The fourth-order valence-electron chi connectivity index (χ4n) is 1.95. The van der Waals surface area contributed by atoms with Gasteiger partial charge in [0.15, 0.2) is 9.84 Å². The molecule has 1 aromatic rings. The highest BCUT2D eigenvalue weighted by Gasteiger charge is 2.24. The van der Waals surface area contributed by atoms with E-state index < -0.39 is 9.84 Å². The summed E-state index contributed by atoms with van der Waals surface area (Å²) < 4.78 is 23.4. The van der Waals surface area contributed by atoms with Crippen LogP contribution in [-0.2, 0) is 9.84 Å². The normalized spacial score (nSPS) is 24.2. The van der Waals surface area contributed by atoms with E-state index in [2.05, 4.69) is 5.32 Å². The Balaban J connectivity index is 2.32. The van der Waals surface area contributed by atoms with Gasteiger partial charge in [0.2, 0.25) is 0 Å². The molecule has 0 aliphatic carbocycles. The van der Waals surface area contributed by atoms with Crippen LogP contribution in [0, 0.1) is 0 Å². The van der Waals surface area contributed by atoms with Gasteiger partial charge in [0.1, 0.15) is 0 Å². The van der Waals surface area contributed by atoms with E-state index in [4.69, 9.17) is 23.2 Å². The second-order valence-electron chi connectivity index (χ2n) is 4.14. The Hall–Kier alpha value is -0.290. The molecule has 0 spiro atoms. The Morgan fingerprint density at radius 3 is 2.76 bits per heavy atom. The van der Waals surface area contributed by atoms with Crippen molar-refractivity contribution in [2.45, 2.75) is 12.5 Å². The molecule has 0 aromatic heterocycles. The van der Waals surface area contributed by atoms with Crippen LogP contribution in [0.1, 0.15) is 18.0 Å². The van der Waals surface area contributed by atoms with Crippen LogP contribution in [0.2, 0.25) is 10.0 Å². The third kappa shape index (κ3) is 3.35. The van der Waals surface area contributed by atoms with Gasteiger partial charge in [-0.25, -0.2) is 8.42 Å². The monoisotopic (exact) mass is 293 g/mol. The molecule has 2 rings (SSSR count). The Morgan fingerprint density at radius 2 is 2.06 bits per heavy atom. The molecule has 1 atom stereocenters. The quantitative estimate of drug-likeness (QED) is 0.865. The fraction of sp³-hybridized carbons (Fsp3) is 0.455. The van der Waals surface area contributed by atoms with E-state index in [0.29, 0.717) is 23.0 Å². The van der Waals surface area contributed by atoms with E-state index in [0.717, 1.165) is 5.56 Å². The van der Waals surface area contributed by atoms with Crippen LogP contribution in [0.25, 0.3) is 0 Å². The molecule has 1 N–H and O–H groups in total. The maximum atomic E-state index is 11.7. The Labute approximate surface area is 111 Å². The second-order valence-corrected chi connectivity index (χ2v) is 7.21. The third-order valence-corrected chi connectivity index (χ3v) is 5.10. The Morgan fingerprint density at radius 1 is 1.29 bits per heavy atom. The second kappa shape index (κ2) is 5.14. The molecule has 94 valence electrons. The van der Waals surface area contributed by atoms with Gasteiger partial charge in [-0.1, -0.05) is 29.3 Å². The summed E-state index contributed by atoms with van der Waals surface area (Å²) >= 11 is 11.9. The van der Waals surface area contributed by atoms with Gasteiger partial charge in [0, 0.05) is 16.1 Å². The maximum Gasteiger partial charge on any atom is 0.152 e. The van der Waals surface area contributed by atoms with Crippen LogP contribution < -0.4 is 5.32 Å². The van der Waals surface area contributed by atoms with Gasteiger partial charge in [0.25, 0.3) is 0 Å². The molecule has 1 aromatic carbocycles. The van der Waals surface area contributed by atoms with E-state index in [9.17, 15) is 8.42 Å². The highest BCUT2D eigenvalue weighted by Crippen LogP contribution is 2.28. The van der Waals surface area contributed by atoms with Crippen molar-refractivity contribution in [3.8, 4) is 0 Å². The summed E-state index contributed by atoms with van der Waals surface area (Å²) in [4.78, 5) is 0. The van der Waals surface area contributed by atoms with Crippen LogP contribution in [0.4, 0.5) is 0 Å². The number of sulfone groups is 1. The van der Waals surface area contributed by atoms with Crippen molar-refractivity contribution >= 4 is 33.0 Å². The van der Waals surface area contributed by atoms with E-state index >= 15 is 0 Å². The van der Waals surface area contributed by atoms with Crippen LogP contribution in [0.15, 0.2) is 18.2 Å².